The van der Waals surface area contributed by atoms with Crippen molar-refractivity contribution in [2.24, 2.45) is 0 Å². The van der Waals surface area contributed by atoms with Crippen LogP contribution >= 0.6 is 0 Å². The molecule has 0 bridgehead atoms. The Balaban J connectivity index is 1.17. The second-order valence-corrected chi connectivity index (χ2v) is 12.8. The maximum Gasteiger partial charge on any atom is 0.297 e. The Kier molecular flexibility index (Phi) is 6.50. The van der Waals surface area contributed by atoms with Crippen LogP contribution in [-0.2, 0) is 14.3 Å². The van der Waals surface area contributed by atoms with Gasteiger partial charge in [-0.3, -0.25) is 8.58 Å². The minimum absolute atomic E-state index is 0.0604. The molecule has 1 saturated carbocycles. The largest absolute Gasteiger partial charge is 0.387 e. The van der Waals surface area contributed by atoms with Gasteiger partial charge in [0.1, 0.15) is 22.9 Å². The highest BCUT2D eigenvalue weighted by Crippen LogP contribution is 2.46. The van der Waals surface area contributed by atoms with Crippen LogP contribution in [0.5, 0.6) is 0 Å². The van der Waals surface area contributed by atoms with Gasteiger partial charge in [-0.2, -0.15) is 8.42 Å². The molecule has 0 aliphatic heterocycles. The molecule has 3 heterocycles. The van der Waals surface area contributed by atoms with Gasteiger partial charge in [-0.1, -0.05) is 66.2 Å². The van der Waals surface area contributed by atoms with Crippen LogP contribution in [0.25, 0.3) is 38.9 Å². The highest BCUT2D eigenvalue weighted by atomic mass is 32.2. The first-order valence-corrected chi connectivity index (χ1v) is 15.4. The molecule has 10 heteroatoms. The number of hydrogen-bond donors (Lipinski definition) is 2. The first-order chi connectivity index (χ1) is 20.7. The molecule has 7 rings (SSSR count). The molecule has 216 valence electrons. The standard InChI is InChI=1S/C33H29N5O4S/c1-21-7-12-26(13-8-21)43(40,41)42-20-33(39)18-25(19-33)32-37-29(30-31(34)35-15-16-38(30)32)24-10-9-23-11-14-27(36-28(23)17-24)22-5-3-2-4-6-22/h2-17,25,39H,18-20H2,1H3,(H2,34,35)/t25-,33+. The van der Waals surface area contributed by atoms with Gasteiger partial charge in [0.05, 0.1) is 28.3 Å². The van der Waals surface area contributed by atoms with E-state index < -0.39 is 15.7 Å². The summed E-state index contributed by atoms with van der Waals surface area (Å²) in [5.74, 6) is 0.919. The van der Waals surface area contributed by atoms with Crippen molar-refractivity contribution < 1.29 is 17.7 Å². The zero-order chi connectivity index (χ0) is 29.8. The van der Waals surface area contributed by atoms with Crippen LogP contribution in [-0.4, -0.2) is 45.1 Å². The van der Waals surface area contributed by atoms with E-state index in [1.165, 1.54) is 12.1 Å². The van der Waals surface area contributed by atoms with E-state index in [0.29, 0.717) is 17.0 Å². The van der Waals surface area contributed by atoms with E-state index in [9.17, 15) is 13.5 Å². The number of rotatable bonds is 7. The van der Waals surface area contributed by atoms with E-state index in [2.05, 4.69) is 11.1 Å². The molecule has 3 aromatic heterocycles. The summed E-state index contributed by atoms with van der Waals surface area (Å²) in [5, 5.41) is 12.1. The molecule has 0 atom stereocenters. The van der Waals surface area contributed by atoms with Crippen molar-refractivity contribution in [3.8, 4) is 22.5 Å². The highest BCUT2D eigenvalue weighted by molar-refractivity contribution is 7.86. The van der Waals surface area contributed by atoms with Crippen LogP contribution < -0.4 is 5.73 Å². The van der Waals surface area contributed by atoms with Crippen molar-refractivity contribution in [2.75, 3.05) is 12.3 Å². The fourth-order valence-electron chi connectivity index (χ4n) is 5.73. The molecule has 1 aliphatic carbocycles. The quantitative estimate of drug-likeness (QED) is 0.232. The summed E-state index contributed by atoms with van der Waals surface area (Å²) in [6.07, 6.45) is 4.00. The fraction of sp³-hybridized carbons (Fsp3) is 0.182. The zero-order valence-electron chi connectivity index (χ0n) is 23.4. The number of anilines is 1. The van der Waals surface area contributed by atoms with Gasteiger partial charge >= 0.3 is 0 Å². The molecule has 0 spiro atoms. The van der Waals surface area contributed by atoms with Crippen molar-refractivity contribution >= 4 is 32.4 Å². The lowest BCUT2D eigenvalue weighted by molar-refractivity contribution is -0.0800. The fourth-order valence-corrected chi connectivity index (χ4v) is 6.71. The van der Waals surface area contributed by atoms with Crippen LogP contribution in [0.1, 0.15) is 30.1 Å². The van der Waals surface area contributed by atoms with E-state index in [0.717, 1.165) is 39.1 Å². The summed E-state index contributed by atoms with van der Waals surface area (Å²) in [5.41, 5.74) is 10.9. The Labute approximate surface area is 248 Å². The van der Waals surface area contributed by atoms with Crippen LogP contribution in [0.15, 0.2) is 102 Å². The number of nitrogens with zero attached hydrogens (tertiary/aromatic N) is 4. The van der Waals surface area contributed by atoms with E-state index in [1.807, 2.05) is 65.9 Å². The van der Waals surface area contributed by atoms with E-state index in [-0.39, 0.29) is 30.3 Å². The van der Waals surface area contributed by atoms with E-state index >= 15 is 0 Å². The summed E-state index contributed by atoms with van der Waals surface area (Å²) < 4.78 is 32.5. The topological polar surface area (TPSA) is 133 Å². The number of aliphatic hydroxyl groups is 1. The van der Waals surface area contributed by atoms with Crippen LogP contribution in [0.2, 0.25) is 0 Å². The maximum absolute atomic E-state index is 12.7. The number of aryl methyl sites for hydroxylation is 1. The number of aromatic nitrogens is 4. The van der Waals surface area contributed by atoms with Gasteiger partial charge in [-0.15, -0.1) is 0 Å². The smallest absolute Gasteiger partial charge is 0.297 e. The molecule has 43 heavy (non-hydrogen) atoms. The van der Waals surface area contributed by atoms with Crippen molar-refractivity contribution in [1.82, 2.24) is 19.4 Å². The van der Waals surface area contributed by atoms with Gasteiger partial charge in [0.2, 0.25) is 0 Å². The molecule has 3 N–H and O–H groups in total. The number of imidazole rings is 1. The third-order valence-corrected chi connectivity index (χ3v) is 9.33. The van der Waals surface area contributed by atoms with Gasteiger partial charge in [-0.25, -0.2) is 15.0 Å². The second-order valence-electron chi connectivity index (χ2n) is 11.2. The predicted molar refractivity (Wildman–Crippen MR) is 165 cm³/mol. The third-order valence-electron chi connectivity index (χ3n) is 8.06. The van der Waals surface area contributed by atoms with Crippen LogP contribution in [0.3, 0.4) is 0 Å². The molecule has 9 nitrogen and oxygen atoms in total. The molecule has 0 unspecified atom stereocenters. The Hall–Kier alpha value is -4.64. The Bertz CT molecular complexity index is 2090. The van der Waals surface area contributed by atoms with Crippen LogP contribution in [0, 0.1) is 6.92 Å². The minimum Gasteiger partial charge on any atom is -0.387 e. The number of nitrogens with two attached hydrogens (primary N) is 1. The van der Waals surface area contributed by atoms with Crippen molar-refractivity contribution in [3.63, 3.8) is 0 Å². The lowest BCUT2D eigenvalue weighted by atomic mass is 9.71. The number of fused-ring (bicyclic) bond motifs is 2. The predicted octanol–water partition coefficient (Wildman–Crippen LogP) is 5.52. The molecule has 0 amide bonds. The van der Waals surface area contributed by atoms with E-state index in [1.54, 1.807) is 24.5 Å². The molecule has 1 aliphatic rings. The summed E-state index contributed by atoms with van der Waals surface area (Å²) in [6.45, 7) is 1.54. The van der Waals surface area contributed by atoms with Crippen molar-refractivity contribution in [2.45, 2.75) is 36.2 Å². The second kappa shape index (κ2) is 10.3. The van der Waals surface area contributed by atoms with Gasteiger partial charge in [-0.05, 0) is 44.0 Å². The average Bonchev–Trinajstić information content (AvgIpc) is 3.39. The maximum atomic E-state index is 12.7. The highest BCUT2D eigenvalue weighted by Gasteiger charge is 2.46. The summed E-state index contributed by atoms with van der Waals surface area (Å²) >= 11 is 0. The molecular weight excluding hydrogens is 562 g/mol. The number of pyridine rings is 1. The van der Waals surface area contributed by atoms with Gasteiger partial charge in [0.25, 0.3) is 10.1 Å². The average molecular weight is 592 g/mol. The number of nitrogen functional groups attached to an aromatic ring is 1. The zero-order valence-corrected chi connectivity index (χ0v) is 24.2. The number of hydrogen-bond acceptors (Lipinski definition) is 8. The van der Waals surface area contributed by atoms with Crippen molar-refractivity contribution in [1.29, 1.82) is 0 Å². The van der Waals surface area contributed by atoms with Crippen molar-refractivity contribution in [3.05, 3.63) is 109 Å². The van der Waals surface area contributed by atoms with Gasteiger partial charge in [0.15, 0.2) is 0 Å². The molecule has 1 fully saturated rings. The lowest BCUT2D eigenvalue weighted by Gasteiger charge is -2.42. The lowest BCUT2D eigenvalue weighted by Crippen LogP contribution is -2.47. The monoisotopic (exact) mass is 591 g/mol. The third kappa shape index (κ3) is 5.03. The minimum atomic E-state index is -3.99. The summed E-state index contributed by atoms with van der Waals surface area (Å²) in [6, 6.07) is 26.5. The Morgan fingerprint density at radius 3 is 2.49 bits per heavy atom. The molecule has 0 radical (unpaired) electrons. The number of benzene rings is 3. The van der Waals surface area contributed by atoms with E-state index in [4.69, 9.17) is 19.9 Å². The SMILES string of the molecule is Cc1ccc(S(=O)(=O)OC[C@]2(O)C[C@@H](c3nc(-c4ccc5ccc(-c6ccccc6)nc5c4)c4c(N)nccn43)C2)cc1. The van der Waals surface area contributed by atoms with Crippen LogP contribution in [0.4, 0.5) is 5.82 Å². The first kappa shape index (κ1) is 27.2. The molecular formula is C33H29N5O4S. The normalized spacial score (nSPS) is 18.6. The Morgan fingerprint density at radius 1 is 0.977 bits per heavy atom. The van der Waals surface area contributed by atoms with Gasteiger partial charge in [0, 0.05) is 34.8 Å². The Morgan fingerprint density at radius 2 is 1.72 bits per heavy atom. The summed E-state index contributed by atoms with van der Waals surface area (Å²) in [4.78, 5) is 14.3. The molecule has 6 aromatic rings. The molecule has 0 saturated heterocycles. The summed E-state index contributed by atoms with van der Waals surface area (Å²) in [7, 11) is -3.99. The van der Waals surface area contributed by atoms with Gasteiger partial charge < -0.3 is 10.8 Å². The molecule has 3 aromatic carbocycles. The first-order valence-electron chi connectivity index (χ1n) is 14.0.